The van der Waals surface area contributed by atoms with Gasteiger partial charge in [0.25, 0.3) is 11.8 Å². The van der Waals surface area contributed by atoms with Crippen molar-refractivity contribution >= 4 is 34.1 Å². The maximum atomic E-state index is 12.1. The van der Waals surface area contributed by atoms with Crippen molar-refractivity contribution in [2.75, 3.05) is 5.32 Å². The fourth-order valence-corrected chi connectivity index (χ4v) is 2.68. The van der Waals surface area contributed by atoms with Gasteiger partial charge in [0.1, 0.15) is 10.8 Å². The van der Waals surface area contributed by atoms with Crippen LogP contribution >= 0.6 is 11.3 Å². The number of hydrogen-bond acceptors (Lipinski definition) is 6. The number of primary amides is 1. The number of phenols is 1. The van der Waals surface area contributed by atoms with E-state index in [2.05, 4.69) is 5.32 Å². The van der Waals surface area contributed by atoms with Crippen molar-refractivity contribution in [3.8, 4) is 5.75 Å². The van der Waals surface area contributed by atoms with Gasteiger partial charge in [0.2, 0.25) is 0 Å². The number of amides is 2. The number of hydrogen-bond donors (Lipinski definition) is 3. The molecule has 4 N–H and O–H groups in total. The van der Waals surface area contributed by atoms with Crippen LogP contribution in [0.2, 0.25) is 0 Å². The van der Waals surface area contributed by atoms with Gasteiger partial charge in [-0.3, -0.25) is 14.4 Å². The summed E-state index contributed by atoms with van der Waals surface area (Å²) >= 11 is 1.15. The van der Waals surface area contributed by atoms with E-state index in [1.807, 2.05) is 0 Å². The van der Waals surface area contributed by atoms with Crippen molar-refractivity contribution < 1.29 is 24.2 Å². The topological polar surface area (TPSA) is 119 Å². The highest BCUT2D eigenvalue weighted by Crippen LogP contribution is 2.23. The number of phenolic OH excluding ortho intramolecular Hbond substituents is 1. The van der Waals surface area contributed by atoms with Gasteiger partial charge in [0.15, 0.2) is 6.10 Å². The molecule has 7 nitrogen and oxygen atoms in total. The Bertz CT molecular complexity index is 754. The first-order chi connectivity index (χ1) is 11.4. The Morgan fingerprint density at radius 3 is 2.54 bits per heavy atom. The van der Waals surface area contributed by atoms with E-state index in [0.717, 1.165) is 11.3 Å². The number of anilines is 1. The predicted octanol–water partition coefficient (Wildman–Crippen LogP) is 1.67. The molecule has 0 aliphatic carbocycles. The highest BCUT2D eigenvalue weighted by atomic mass is 32.1. The minimum absolute atomic E-state index is 0.0244. The number of carbonyl (C=O) groups is 3. The molecule has 2 amide bonds. The molecule has 0 saturated heterocycles. The van der Waals surface area contributed by atoms with E-state index in [9.17, 15) is 19.5 Å². The minimum atomic E-state index is -1.03. The van der Waals surface area contributed by atoms with Crippen molar-refractivity contribution in [2.45, 2.75) is 19.4 Å². The second kappa shape index (κ2) is 7.60. The van der Waals surface area contributed by atoms with E-state index in [-0.39, 0.29) is 17.7 Å². The lowest BCUT2D eigenvalue weighted by Gasteiger charge is -2.13. The molecular formula is C16H16N2O5S. The van der Waals surface area contributed by atoms with Gasteiger partial charge in [-0.2, -0.15) is 0 Å². The highest BCUT2D eigenvalue weighted by Gasteiger charge is 2.20. The van der Waals surface area contributed by atoms with E-state index in [0.29, 0.717) is 10.6 Å². The van der Waals surface area contributed by atoms with Gasteiger partial charge in [0, 0.05) is 0 Å². The minimum Gasteiger partial charge on any atom is -0.508 e. The van der Waals surface area contributed by atoms with E-state index in [1.54, 1.807) is 17.5 Å². The summed E-state index contributed by atoms with van der Waals surface area (Å²) in [7, 11) is 0. The van der Waals surface area contributed by atoms with Crippen molar-refractivity contribution in [1.82, 2.24) is 0 Å². The van der Waals surface area contributed by atoms with Crippen LogP contribution < -0.4 is 11.1 Å². The zero-order valence-corrected chi connectivity index (χ0v) is 13.6. The summed E-state index contributed by atoms with van der Waals surface area (Å²) in [6, 6.07) is 7.60. The Morgan fingerprint density at radius 1 is 1.25 bits per heavy atom. The Balaban J connectivity index is 1.91. The predicted molar refractivity (Wildman–Crippen MR) is 88.8 cm³/mol. The second-order valence-corrected chi connectivity index (χ2v) is 5.91. The zero-order valence-electron chi connectivity index (χ0n) is 12.8. The normalized spacial score (nSPS) is 11.5. The number of rotatable bonds is 6. The van der Waals surface area contributed by atoms with Gasteiger partial charge in [-0.05, 0) is 36.1 Å². The third-order valence-corrected chi connectivity index (χ3v) is 3.96. The number of esters is 1. The molecule has 0 fully saturated rings. The van der Waals surface area contributed by atoms with Crippen LogP contribution in [0.3, 0.4) is 0 Å². The maximum absolute atomic E-state index is 12.1. The Morgan fingerprint density at radius 2 is 1.92 bits per heavy atom. The Hall–Kier alpha value is -2.87. The summed E-state index contributed by atoms with van der Waals surface area (Å²) in [4.78, 5) is 35.1. The van der Waals surface area contributed by atoms with Crippen molar-refractivity contribution in [1.29, 1.82) is 0 Å². The molecule has 0 spiro atoms. The van der Waals surface area contributed by atoms with Gasteiger partial charge in [-0.1, -0.05) is 12.1 Å². The number of carbonyl (C=O) groups excluding carboxylic acids is 3. The largest absolute Gasteiger partial charge is 0.508 e. The monoisotopic (exact) mass is 348 g/mol. The number of thiophene rings is 1. The molecular weight excluding hydrogens is 332 g/mol. The lowest BCUT2D eigenvalue weighted by atomic mass is 10.1. The van der Waals surface area contributed by atoms with Crippen LogP contribution in [0.25, 0.3) is 0 Å². The molecule has 2 aromatic rings. The van der Waals surface area contributed by atoms with Gasteiger partial charge in [-0.15, -0.1) is 11.3 Å². The fraction of sp³-hybridized carbons (Fsp3) is 0.188. The first-order valence-electron chi connectivity index (χ1n) is 7.02. The molecule has 0 radical (unpaired) electrons. The number of nitrogens with two attached hydrogens (primary N) is 1. The number of aromatic hydroxyl groups is 1. The molecule has 1 atom stereocenters. The smallest absolute Gasteiger partial charge is 0.311 e. The molecule has 0 bridgehead atoms. The molecule has 126 valence electrons. The van der Waals surface area contributed by atoms with Crippen LogP contribution in [0.5, 0.6) is 5.75 Å². The lowest BCUT2D eigenvalue weighted by Crippen LogP contribution is -2.30. The van der Waals surface area contributed by atoms with E-state index >= 15 is 0 Å². The molecule has 0 aliphatic heterocycles. The first-order valence-corrected chi connectivity index (χ1v) is 7.90. The van der Waals surface area contributed by atoms with Crippen LogP contribution in [0.15, 0.2) is 35.7 Å². The fourth-order valence-electron chi connectivity index (χ4n) is 1.89. The van der Waals surface area contributed by atoms with Crippen LogP contribution in [-0.2, 0) is 20.7 Å². The van der Waals surface area contributed by atoms with Gasteiger partial charge in [0.05, 0.1) is 12.0 Å². The molecule has 1 aromatic carbocycles. The van der Waals surface area contributed by atoms with Crippen LogP contribution in [-0.4, -0.2) is 29.0 Å². The standard InChI is InChI=1S/C16H16N2O5S/c1-9(15(22)18-16-12(14(17)21)6-7-24-16)23-13(20)8-10-2-4-11(19)5-3-10/h2-7,9,19H,8H2,1H3,(H2,17,21)(H,18,22)/t9-/m0/s1. The van der Waals surface area contributed by atoms with Crippen LogP contribution in [0.4, 0.5) is 5.00 Å². The molecule has 1 heterocycles. The van der Waals surface area contributed by atoms with Crippen molar-refractivity contribution in [3.05, 3.63) is 46.8 Å². The molecule has 0 aliphatic rings. The number of ether oxygens (including phenoxy) is 1. The molecule has 24 heavy (non-hydrogen) atoms. The Labute approximate surface area is 142 Å². The summed E-state index contributed by atoms with van der Waals surface area (Å²) < 4.78 is 5.07. The number of nitrogens with one attached hydrogen (secondary N) is 1. The maximum Gasteiger partial charge on any atom is 0.311 e. The van der Waals surface area contributed by atoms with Crippen LogP contribution in [0, 0.1) is 0 Å². The van der Waals surface area contributed by atoms with Gasteiger partial charge in [-0.25, -0.2) is 0 Å². The lowest BCUT2D eigenvalue weighted by molar-refractivity contribution is -0.152. The number of benzene rings is 1. The third kappa shape index (κ3) is 4.56. The third-order valence-electron chi connectivity index (χ3n) is 3.13. The van der Waals surface area contributed by atoms with Crippen LogP contribution in [0.1, 0.15) is 22.8 Å². The zero-order chi connectivity index (χ0) is 17.7. The van der Waals surface area contributed by atoms with Gasteiger partial charge >= 0.3 is 5.97 Å². The average Bonchev–Trinajstić information content (AvgIpc) is 2.97. The van der Waals surface area contributed by atoms with E-state index < -0.39 is 23.9 Å². The molecule has 2 rings (SSSR count). The van der Waals surface area contributed by atoms with E-state index in [4.69, 9.17) is 10.5 Å². The average molecular weight is 348 g/mol. The summed E-state index contributed by atoms with van der Waals surface area (Å²) in [5.41, 5.74) is 6.06. The SMILES string of the molecule is C[C@H](OC(=O)Cc1ccc(O)cc1)C(=O)Nc1sccc1C(N)=O. The molecule has 1 aromatic heterocycles. The second-order valence-electron chi connectivity index (χ2n) is 4.99. The molecule has 0 saturated carbocycles. The van der Waals surface area contributed by atoms with Gasteiger partial charge < -0.3 is 20.9 Å². The molecule has 8 heteroatoms. The summed E-state index contributed by atoms with van der Waals surface area (Å²) in [6.45, 7) is 1.43. The highest BCUT2D eigenvalue weighted by molar-refractivity contribution is 7.14. The molecule has 0 unspecified atom stereocenters. The van der Waals surface area contributed by atoms with Crippen molar-refractivity contribution in [2.24, 2.45) is 5.73 Å². The van der Waals surface area contributed by atoms with Crippen molar-refractivity contribution in [3.63, 3.8) is 0 Å². The summed E-state index contributed by atoms with van der Waals surface area (Å²) in [5, 5.41) is 13.6. The first kappa shape index (κ1) is 17.5. The summed E-state index contributed by atoms with van der Waals surface area (Å²) in [6.07, 6.45) is -1.05. The summed E-state index contributed by atoms with van der Waals surface area (Å²) in [5.74, 6) is -1.69. The Kier molecular flexibility index (Phi) is 5.54. The van der Waals surface area contributed by atoms with E-state index in [1.165, 1.54) is 25.1 Å². The quantitative estimate of drug-likeness (QED) is 0.686.